The van der Waals surface area contributed by atoms with Crippen LogP contribution in [0.3, 0.4) is 0 Å². The van der Waals surface area contributed by atoms with E-state index in [0.717, 1.165) is 0 Å². The lowest BCUT2D eigenvalue weighted by molar-refractivity contribution is -0.117. The number of amides is 1. The molecule has 0 heterocycles. The van der Waals surface area contributed by atoms with Gasteiger partial charge in [0.2, 0.25) is 0 Å². The first-order valence-corrected chi connectivity index (χ1v) is 7.44. The van der Waals surface area contributed by atoms with Gasteiger partial charge in [-0.25, -0.2) is 4.79 Å². The Morgan fingerprint density at radius 1 is 1.30 bits per heavy atom. The van der Waals surface area contributed by atoms with Gasteiger partial charge in [0.05, 0.1) is 6.61 Å². The lowest BCUT2D eigenvalue weighted by Crippen LogP contribution is -2.48. The standard InChI is InChI=1S/C17H25NO5/c1-7-22-14-10-12(8-9-13(14)20)17(5,11-19)18(6)15(21)23-16(2,3)4/h8-11,20H,7H2,1-6H3. The summed E-state index contributed by atoms with van der Waals surface area (Å²) >= 11 is 0. The van der Waals surface area contributed by atoms with Gasteiger partial charge in [-0.05, 0) is 52.3 Å². The van der Waals surface area contributed by atoms with Crippen molar-refractivity contribution < 1.29 is 24.2 Å². The number of hydrogen-bond donors (Lipinski definition) is 1. The molecule has 0 fully saturated rings. The van der Waals surface area contributed by atoms with Gasteiger partial charge in [-0.1, -0.05) is 6.07 Å². The van der Waals surface area contributed by atoms with Gasteiger partial charge in [0.15, 0.2) is 11.5 Å². The van der Waals surface area contributed by atoms with Crippen LogP contribution in [0.15, 0.2) is 18.2 Å². The van der Waals surface area contributed by atoms with E-state index < -0.39 is 17.2 Å². The Hall–Kier alpha value is -2.24. The van der Waals surface area contributed by atoms with Gasteiger partial charge in [-0.15, -0.1) is 0 Å². The molecule has 1 aromatic carbocycles. The summed E-state index contributed by atoms with van der Waals surface area (Å²) < 4.78 is 10.7. The Labute approximate surface area is 137 Å². The van der Waals surface area contributed by atoms with Crippen LogP contribution in [-0.2, 0) is 15.1 Å². The SMILES string of the molecule is CCOc1cc(C(C)(C=O)N(C)C(=O)OC(C)(C)C)ccc1O. The number of hydrogen-bond acceptors (Lipinski definition) is 5. The first-order chi connectivity index (χ1) is 10.5. The molecular weight excluding hydrogens is 298 g/mol. The van der Waals surface area contributed by atoms with Gasteiger partial charge < -0.3 is 19.4 Å². The number of rotatable bonds is 5. The molecule has 1 rings (SSSR count). The lowest BCUT2D eigenvalue weighted by atomic mass is 9.92. The molecule has 6 nitrogen and oxygen atoms in total. The molecule has 1 aromatic rings. The quantitative estimate of drug-likeness (QED) is 0.843. The second-order valence-corrected chi connectivity index (χ2v) is 6.42. The largest absolute Gasteiger partial charge is 0.504 e. The predicted octanol–water partition coefficient (Wildman–Crippen LogP) is 3.07. The second kappa shape index (κ2) is 6.89. The van der Waals surface area contributed by atoms with Crippen LogP contribution in [0, 0.1) is 0 Å². The number of nitrogens with zero attached hydrogens (tertiary/aromatic N) is 1. The van der Waals surface area contributed by atoms with E-state index in [2.05, 4.69) is 0 Å². The van der Waals surface area contributed by atoms with Crippen LogP contribution in [-0.4, -0.2) is 41.6 Å². The fourth-order valence-corrected chi connectivity index (χ4v) is 1.96. The van der Waals surface area contributed by atoms with E-state index in [4.69, 9.17) is 9.47 Å². The molecule has 0 aliphatic rings. The first-order valence-electron chi connectivity index (χ1n) is 7.44. The van der Waals surface area contributed by atoms with Crippen molar-refractivity contribution in [3.8, 4) is 11.5 Å². The summed E-state index contributed by atoms with van der Waals surface area (Å²) in [7, 11) is 1.50. The van der Waals surface area contributed by atoms with Crippen LogP contribution in [0.1, 0.15) is 40.2 Å². The zero-order valence-corrected chi connectivity index (χ0v) is 14.5. The van der Waals surface area contributed by atoms with Crippen LogP contribution in [0.2, 0.25) is 0 Å². The average Bonchev–Trinajstić information content (AvgIpc) is 2.46. The summed E-state index contributed by atoms with van der Waals surface area (Å²) in [4.78, 5) is 25.2. The van der Waals surface area contributed by atoms with Crippen molar-refractivity contribution in [3.05, 3.63) is 23.8 Å². The number of likely N-dealkylation sites (N-methyl/N-ethyl adjacent to an activating group) is 1. The highest BCUT2D eigenvalue weighted by molar-refractivity contribution is 5.78. The minimum atomic E-state index is -1.25. The number of ether oxygens (including phenoxy) is 2. The number of carbonyl (C=O) groups is 2. The number of phenolic OH excluding ortho intramolecular Hbond substituents is 1. The van der Waals surface area contributed by atoms with Gasteiger partial charge in [-0.3, -0.25) is 4.90 Å². The van der Waals surface area contributed by atoms with E-state index in [1.165, 1.54) is 18.0 Å². The van der Waals surface area contributed by atoms with Crippen molar-refractivity contribution in [3.63, 3.8) is 0 Å². The highest BCUT2D eigenvalue weighted by atomic mass is 16.6. The summed E-state index contributed by atoms with van der Waals surface area (Å²) in [5.41, 5.74) is -1.40. The molecule has 0 aromatic heterocycles. The molecule has 1 unspecified atom stereocenters. The van der Waals surface area contributed by atoms with Gasteiger partial charge in [0, 0.05) is 7.05 Å². The van der Waals surface area contributed by atoms with Crippen molar-refractivity contribution in [1.29, 1.82) is 0 Å². The third-order valence-electron chi connectivity index (χ3n) is 3.44. The molecule has 0 aliphatic heterocycles. The zero-order valence-electron chi connectivity index (χ0n) is 14.5. The Morgan fingerprint density at radius 2 is 1.91 bits per heavy atom. The third-order valence-corrected chi connectivity index (χ3v) is 3.44. The number of benzene rings is 1. The molecule has 0 aliphatic carbocycles. The summed E-state index contributed by atoms with van der Waals surface area (Å²) in [5.74, 6) is 0.236. The smallest absolute Gasteiger partial charge is 0.411 e. The Bertz CT molecular complexity index is 579. The molecule has 1 N–H and O–H groups in total. The minimum absolute atomic E-state index is 0.0243. The molecule has 0 bridgehead atoms. The van der Waals surface area contributed by atoms with Gasteiger partial charge in [-0.2, -0.15) is 0 Å². The predicted molar refractivity (Wildman–Crippen MR) is 86.7 cm³/mol. The average molecular weight is 323 g/mol. The van der Waals surface area contributed by atoms with Gasteiger partial charge in [0.25, 0.3) is 0 Å². The maximum Gasteiger partial charge on any atom is 0.411 e. The van der Waals surface area contributed by atoms with E-state index in [1.54, 1.807) is 46.8 Å². The van der Waals surface area contributed by atoms with E-state index in [9.17, 15) is 14.7 Å². The summed E-state index contributed by atoms with van der Waals surface area (Å²) in [6, 6.07) is 4.56. The molecule has 6 heteroatoms. The number of phenols is 1. The van der Waals surface area contributed by atoms with Crippen LogP contribution in [0.25, 0.3) is 0 Å². The molecule has 23 heavy (non-hydrogen) atoms. The molecule has 1 amide bonds. The minimum Gasteiger partial charge on any atom is -0.504 e. The topological polar surface area (TPSA) is 76.1 Å². The molecule has 0 saturated heterocycles. The highest BCUT2D eigenvalue weighted by Gasteiger charge is 2.37. The molecule has 128 valence electrons. The summed E-state index contributed by atoms with van der Waals surface area (Å²) in [5, 5.41) is 9.79. The van der Waals surface area contributed by atoms with Gasteiger partial charge >= 0.3 is 6.09 Å². The van der Waals surface area contributed by atoms with E-state index >= 15 is 0 Å². The normalized spacial score (nSPS) is 13.8. The number of carbonyl (C=O) groups excluding carboxylic acids is 2. The van der Waals surface area contributed by atoms with Crippen LogP contribution in [0.5, 0.6) is 11.5 Å². The Morgan fingerprint density at radius 3 is 2.39 bits per heavy atom. The molecular formula is C17H25NO5. The van der Waals surface area contributed by atoms with Crippen LogP contribution in [0.4, 0.5) is 4.79 Å². The fraction of sp³-hybridized carbons (Fsp3) is 0.529. The summed E-state index contributed by atoms with van der Waals surface area (Å²) in [6.45, 7) is 9.03. The molecule has 0 radical (unpaired) electrons. The van der Waals surface area contributed by atoms with Crippen molar-refractivity contribution in [2.24, 2.45) is 0 Å². The number of aldehydes is 1. The molecule has 1 atom stereocenters. The van der Waals surface area contributed by atoms with Crippen molar-refractivity contribution >= 4 is 12.4 Å². The molecule has 0 saturated carbocycles. The van der Waals surface area contributed by atoms with Crippen LogP contribution < -0.4 is 4.74 Å². The maximum absolute atomic E-state index is 12.3. The van der Waals surface area contributed by atoms with Crippen molar-refractivity contribution in [1.82, 2.24) is 4.90 Å². The first kappa shape index (κ1) is 18.8. The monoisotopic (exact) mass is 323 g/mol. The van der Waals surface area contributed by atoms with Crippen molar-refractivity contribution in [2.75, 3.05) is 13.7 Å². The van der Waals surface area contributed by atoms with E-state index in [1.807, 2.05) is 0 Å². The van der Waals surface area contributed by atoms with Crippen molar-refractivity contribution in [2.45, 2.75) is 45.8 Å². The summed E-state index contributed by atoms with van der Waals surface area (Å²) in [6.07, 6.45) is 0.0529. The maximum atomic E-state index is 12.3. The number of aromatic hydroxyl groups is 1. The van der Waals surface area contributed by atoms with E-state index in [-0.39, 0.29) is 11.5 Å². The second-order valence-electron chi connectivity index (χ2n) is 6.42. The third kappa shape index (κ3) is 4.37. The van der Waals surface area contributed by atoms with E-state index in [0.29, 0.717) is 18.5 Å². The Kier molecular flexibility index (Phi) is 5.64. The fourth-order valence-electron chi connectivity index (χ4n) is 1.96. The van der Waals surface area contributed by atoms with Crippen LogP contribution >= 0.6 is 0 Å². The lowest BCUT2D eigenvalue weighted by Gasteiger charge is -2.35. The Balaban J connectivity index is 3.20. The highest BCUT2D eigenvalue weighted by Crippen LogP contribution is 2.34. The van der Waals surface area contributed by atoms with Gasteiger partial charge in [0.1, 0.15) is 17.4 Å². The zero-order chi connectivity index (χ0) is 17.8. The molecule has 0 spiro atoms.